The lowest BCUT2D eigenvalue weighted by Gasteiger charge is -2.34. The highest BCUT2D eigenvalue weighted by atomic mass is 16.4. The number of hydrogen-bond donors (Lipinski definition) is 1. The summed E-state index contributed by atoms with van der Waals surface area (Å²) in [5.74, 6) is -1.26. The Hall–Kier alpha value is -2.63. The van der Waals surface area contributed by atoms with Crippen LogP contribution in [-0.2, 0) is 24.3 Å². The third-order valence-corrected chi connectivity index (χ3v) is 4.22. The fourth-order valence-electron chi connectivity index (χ4n) is 3.06. The molecule has 1 atom stereocenters. The molecule has 6 heteroatoms. The topological polar surface area (TPSA) is 75.4 Å². The van der Waals surface area contributed by atoms with Crippen LogP contribution in [0.25, 0.3) is 0 Å². The number of rotatable bonds is 3. The summed E-state index contributed by atoms with van der Waals surface area (Å²) in [6.07, 6.45) is 0.330. The first-order valence-corrected chi connectivity index (χ1v) is 7.66. The predicted octanol–water partition coefficient (Wildman–Crippen LogP) is 1.86. The minimum Gasteiger partial charge on any atom is -0.480 e. The van der Waals surface area contributed by atoms with E-state index in [4.69, 9.17) is 0 Å². The summed E-state index contributed by atoms with van der Waals surface area (Å²) in [6.45, 7) is 4.60. The molecule has 2 heterocycles. The standard InChI is InChI=1S/C17H19N3O3/c1-3-20-14(8-11(2)18-20)16(21)19-10-13-7-5-4-6-12(13)9-15(19)17(22)23/h4-8,15H,3,9-10H2,1-2H3,(H,22,23)/t15-/m1/s1. The van der Waals surface area contributed by atoms with Crippen molar-refractivity contribution in [2.75, 3.05) is 0 Å². The van der Waals surface area contributed by atoms with E-state index in [0.29, 0.717) is 25.2 Å². The largest absolute Gasteiger partial charge is 0.480 e. The Bertz CT molecular complexity index is 766. The summed E-state index contributed by atoms with van der Waals surface area (Å²) in [4.78, 5) is 26.0. The Kier molecular flexibility index (Phi) is 3.90. The number of benzene rings is 1. The number of carboxylic acid groups (broad SMARTS) is 1. The molecule has 0 saturated heterocycles. The van der Waals surface area contributed by atoms with E-state index in [1.165, 1.54) is 4.90 Å². The molecule has 0 fully saturated rings. The number of carbonyl (C=O) groups is 2. The van der Waals surface area contributed by atoms with Crippen LogP contribution >= 0.6 is 0 Å². The highest BCUT2D eigenvalue weighted by Gasteiger charge is 2.36. The van der Waals surface area contributed by atoms with Crippen molar-refractivity contribution in [1.82, 2.24) is 14.7 Å². The molecule has 1 aromatic carbocycles. The van der Waals surface area contributed by atoms with Crippen LogP contribution in [0.15, 0.2) is 30.3 Å². The second-order valence-electron chi connectivity index (χ2n) is 5.75. The van der Waals surface area contributed by atoms with Gasteiger partial charge in [-0.25, -0.2) is 4.79 Å². The van der Waals surface area contributed by atoms with Crippen LogP contribution in [0.1, 0.15) is 34.2 Å². The first kappa shape index (κ1) is 15.3. The van der Waals surface area contributed by atoms with Gasteiger partial charge in [-0.1, -0.05) is 24.3 Å². The molecule has 2 aromatic rings. The maximum absolute atomic E-state index is 12.9. The van der Waals surface area contributed by atoms with E-state index < -0.39 is 12.0 Å². The lowest BCUT2D eigenvalue weighted by atomic mass is 9.93. The van der Waals surface area contributed by atoms with Crippen molar-refractivity contribution in [3.8, 4) is 0 Å². The Morgan fingerprint density at radius 1 is 1.30 bits per heavy atom. The molecule has 1 aromatic heterocycles. The van der Waals surface area contributed by atoms with Gasteiger partial charge in [0, 0.05) is 19.5 Å². The Labute approximate surface area is 134 Å². The number of aryl methyl sites for hydroxylation is 2. The van der Waals surface area contributed by atoms with Crippen molar-refractivity contribution in [2.24, 2.45) is 0 Å². The molecule has 3 rings (SSSR count). The molecule has 1 aliphatic rings. The summed E-state index contributed by atoms with van der Waals surface area (Å²) in [5.41, 5.74) is 3.18. The molecule has 1 amide bonds. The first-order valence-electron chi connectivity index (χ1n) is 7.66. The quantitative estimate of drug-likeness (QED) is 0.938. The number of carbonyl (C=O) groups excluding carboxylic acids is 1. The SMILES string of the molecule is CCn1nc(C)cc1C(=O)N1Cc2ccccc2C[C@@H]1C(=O)O. The van der Waals surface area contributed by atoms with Crippen molar-refractivity contribution in [3.63, 3.8) is 0 Å². The number of hydrogen-bond acceptors (Lipinski definition) is 3. The van der Waals surface area contributed by atoms with Crippen LogP contribution in [0.4, 0.5) is 0 Å². The van der Waals surface area contributed by atoms with E-state index in [-0.39, 0.29) is 5.91 Å². The Morgan fingerprint density at radius 3 is 2.65 bits per heavy atom. The van der Waals surface area contributed by atoms with Gasteiger partial charge in [0.15, 0.2) is 0 Å². The van der Waals surface area contributed by atoms with Crippen LogP contribution in [0, 0.1) is 6.92 Å². The number of nitrogens with zero attached hydrogens (tertiary/aromatic N) is 3. The van der Waals surface area contributed by atoms with Gasteiger partial charge in [0.2, 0.25) is 0 Å². The van der Waals surface area contributed by atoms with Gasteiger partial charge >= 0.3 is 5.97 Å². The summed E-state index contributed by atoms with van der Waals surface area (Å²) < 4.78 is 1.62. The van der Waals surface area contributed by atoms with E-state index >= 15 is 0 Å². The van der Waals surface area contributed by atoms with Gasteiger partial charge in [0.1, 0.15) is 11.7 Å². The number of carboxylic acids is 1. The molecule has 0 bridgehead atoms. The molecule has 120 valence electrons. The number of aliphatic carboxylic acids is 1. The van der Waals surface area contributed by atoms with Gasteiger partial charge in [-0.3, -0.25) is 9.48 Å². The van der Waals surface area contributed by atoms with Crippen molar-refractivity contribution < 1.29 is 14.7 Å². The van der Waals surface area contributed by atoms with Crippen LogP contribution in [0.5, 0.6) is 0 Å². The summed E-state index contributed by atoms with van der Waals surface area (Å²) in [7, 11) is 0. The average Bonchev–Trinajstić information content (AvgIpc) is 2.93. The Balaban J connectivity index is 1.99. The normalized spacial score (nSPS) is 17.0. The van der Waals surface area contributed by atoms with Gasteiger partial charge in [0.25, 0.3) is 5.91 Å². The monoisotopic (exact) mass is 313 g/mol. The van der Waals surface area contributed by atoms with Gasteiger partial charge in [-0.05, 0) is 31.0 Å². The number of amides is 1. The van der Waals surface area contributed by atoms with Gasteiger partial charge in [0.05, 0.1) is 5.69 Å². The molecule has 0 unspecified atom stereocenters. The number of fused-ring (bicyclic) bond motifs is 1. The minimum atomic E-state index is -0.980. The molecule has 0 spiro atoms. The second-order valence-corrected chi connectivity index (χ2v) is 5.75. The van der Waals surface area contributed by atoms with Crippen molar-refractivity contribution in [1.29, 1.82) is 0 Å². The van der Waals surface area contributed by atoms with E-state index in [1.807, 2.05) is 38.1 Å². The van der Waals surface area contributed by atoms with Crippen LogP contribution < -0.4 is 0 Å². The fraction of sp³-hybridized carbons (Fsp3) is 0.353. The third kappa shape index (κ3) is 2.72. The zero-order valence-electron chi connectivity index (χ0n) is 13.2. The smallest absolute Gasteiger partial charge is 0.326 e. The molecule has 0 aliphatic carbocycles. The van der Waals surface area contributed by atoms with Gasteiger partial charge in [-0.15, -0.1) is 0 Å². The van der Waals surface area contributed by atoms with Crippen LogP contribution in [-0.4, -0.2) is 37.7 Å². The molecule has 1 N–H and O–H groups in total. The maximum Gasteiger partial charge on any atom is 0.326 e. The molecule has 23 heavy (non-hydrogen) atoms. The lowest BCUT2D eigenvalue weighted by Crippen LogP contribution is -2.49. The molecular formula is C17H19N3O3. The van der Waals surface area contributed by atoms with Gasteiger partial charge < -0.3 is 10.0 Å². The molecule has 6 nitrogen and oxygen atoms in total. The van der Waals surface area contributed by atoms with Crippen molar-refractivity contribution in [2.45, 2.75) is 39.4 Å². The third-order valence-electron chi connectivity index (χ3n) is 4.22. The van der Waals surface area contributed by atoms with Crippen LogP contribution in [0.3, 0.4) is 0 Å². The highest BCUT2D eigenvalue weighted by molar-refractivity contribution is 5.95. The molecule has 0 radical (unpaired) electrons. The zero-order valence-corrected chi connectivity index (χ0v) is 13.2. The van der Waals surface area contributed by atoms with E-state index in [0.717, 1.165) is 16.8 Å². The Morgan fingerprint density at radius 2 is 2.00 bits per heavy atom. The zero-order chi connectivity index (χ0) is 16.6. The van der Waals surface area contributed by atoms with Gasteiger partial charge in [-0.2, -0.15) is 5.10 Å². The van der Waals surface area contributed by atoms with Crippen LogP contribution in [0.2, 0.25) is 0 Å². The lowest BCUT2D eigenvalue weighted by molar-refractivity contribution is -0.142. The summed E-state index contributed by atoms with van der Waals surface area (Å²) in [6, 6.07) is 8.53. The maximum atomic E-state index is 12.9. The second kappa shape index (κ2) is 5.87. The first-order chi connectivity index (χ1) is 11.0. The average molecular weight is 313 g/mol. The van der Waals surface area contributed by atoms with E-state index in [2.05, 4.69) is 5.10 Å². The predicted molar refractivity (Wildman–Crippen MR) is 84.1 cm³/mol. The minimum absolute atomic E-state index is 0.283. The molecular weight excluding hydrogens is 294 g/mol. The summed E-state index contributed by atoms with van der Waals surface area (Å²) >= 11 is 0. The highest BCUT2D eigenvalue weighted by Crippen LogP contribution is 2.25. The number of aromatic nitrogens is 2. The van der Waals surface area contributed by atoms with Crippen molar-refractivity contribution >= 4 is 11.9 Å². The molecule has 1 aliphatic heterocycles. The van der Waals surface area contributed by atoms with E-state index in [1.54, 1.807) is 10.7 Å². The van der Waals surface area contributed by atoms with E-state index in [9.17, 15) is 14.7 Å². The fourth-order valence-corrected chi connectivity index (χ4v) is 3.06. The van der Waals surface area contributed by atoms with Crippen molar-refractivity contribution in [3.05, 3.63) is 52.8 Å². The summed E-state index contributed by atoms with van der Waals surface area (Å²) in [5, 5.41) is 13.8. The molecule has 0 saturated carbocycles.